The van der Waals surface area contributed by atoms with Crippen LogP contribution >= 0.6 is 0 Å². The Hall–Kier alpha value is -1.84. The number of hydrogen-bond donors (Lipinski definition) is 0. The van der Waals surface area contributed by atoms with Crippen LogP contribution in [0.3, 0.4) is 0 Å². The number of ether oxygens (including phenoxy) is 2. The largest absolute Gasteiger partial charge is 2.00 e. The minimum Gasteiger partial charge on any atom is -0.545 e. The SMILES string of the molecule is CC(C)CCCCCOC(=O)C=CC(=O)[O-].CC(C)CCCCCOC(=O)C=CC(=O)[O-].[CH2]CCCCCCCCCCC.[CH2]CCCCCCCCCCC.[Sn+2]. The molecular formula is C48H88O8Sn. The van der Waals surface area contributed by atoms with Crippen molar-refractivity contribution in [3.05, 3.63) is 38.2 Å². The zero-order valence-corrected chi connectivity index (χ0v) is 40.7. The van der Waals surface area contributed by atoms with Gasteiger partial charge in [0.05, 0.1) is 25.2 Å². The Kier molecular flexibility index (Phi) is 63.5. The van der Waals surface area contributed by atoms with Gasteiger partial charge < -0.3 is 29.3 Å². The van der Waals surface area contributed by atoms with Gasteiger partial charge in [-0.2, -0.15) is 0 Å². The van der Waals surface area contributed by atoms with Crippen molar-refractivity contribution in [1.29, 1.82) is 0 Å². The smallest absolute Gasteiger partial charge is 0.545 e. The number of carboxylic acid groups (broad SMARTS) is 2. The second-order valence-electron chi connectivity index (χ2n) is 15.5. The van der Waals surface area contributed by atoms with E-state index in [0.29, 0.717) is 37.2 Å². The van der Waals surface area contributed by atoms with E-state index < -0.39 is 23.9 Å². The van der Waals surface area contributed by atoms with Crippen molar-refractivity contribution in [2.24, 2.45) is 11.8 Å². The van der Waals surface area contributed by atoms with Crippen LogP contribution in [-0.4, -0.2) is 61.0 Å². The van der Waals surface area contributed by atoms with Crippen LogP contribution in [0.15, 0.2) is 24.3 Å². The minimum atomic E-state index is -1.39. The molecule has 0 bridgehead atoms. The Morgan fingerprint density at radius 3 is 0.947 bits per heavy atom. The van der Waals surface area contributed by atoms with Gasteiger partial charge in [0.2, 0.25) is 0 Å². The van der Waals surface area contributed by atoms with Gasteiger partial charge in [-0.15, -0.1) is 0 Å². The van der Waals surface area contributed by atoms with Crippen LogP contribution in [0.5, 0.6) is 0 Å². The van der Waals surface area contributed by atoms with Crippen LogP contribution in [0.1, 0.15) is 221 Å². The van der Waals surface area contributed by atoms with E-state index in [1.54, 1.807) is 0 Å². The predicted octanol–water partition coefficient (Wildman–Crippen LogP) is 11.2. The van der Waals surface area contributed by atoms with E-state index >= 15 is 0 Å². The normalized spacial score (nSPS) is 10.6. The average Bonchev–Trinajstić information content (AvgIpc) is 3.15. The summed E-state index contributed by atoms with van der Waals surface area (Å²) in [6.07, 6.45) is 39.1. The Balaban J connectivity index is -0.000000212. The molecule has 0 heterocycles. The maximum absolute atomic E-state index is 10.9. The molecule has 0 N–H and O–H groups in total. The number of hydrogen-bond acceptors (Lipinski definition) is 8. The first-order valence-corrected chi connectivity index (χ1v) is 22.6. The molecule has 0 aliphatic rings. The van der Waals surface area contributed by atoms with Gasteiger partial charge in [0.1, 0.15) is 0 Å². The predicted molar refractivity (Wildman–Crippen MR) is 237 cm³/mol. The second kappa shape index (κ2) is 56.3. The van der Waals surface area contributed by atoms with E-state index in [1.807, 2.05) is 0 Å². The van der Waals surface area contributed by atoms with Gasteiger partial charge in [0, 0.05) is 12.2 Å². The third kappa shape index (κ3) is 75.6. The molecule has 0 aromatic carbocycles. The standard InChI is InChI=1S/2C12H20O4.2C12H25.Sn/c2*1-10(2)6-4-3-5-9-16-12(15)8-7-11(13)14;2*1-3-5-7-9-11-12-10-8-6-4-2;/h2*7-8,10H,3-6,9H2,1-2H3,(H,13,14);2*1,3-12H2,2H3;/q;;;;+2/p-2. The van der Waals surface area contributed by atoms with E-state index in [0.717, 1.165) is 63.5 Å². The molecule has 0 saturated carbocycles. The van der Waals surface area contributed by atoms with Crippen LogP contribution in [0.2, 0.25) is 0 Å². The van der Waals surface area contributed by atoms with Crippen LogP contribution < -0.4 is 10.2 Å². The summed E-state index contributed by atoms with van der Waals surface area (Å²) >= 11 is 0. The van der Waals surface area contributed by atoms with E-state index in [2.05, 4.69) is 55.4 Å². The summed E-state index contributed by atoms with van der Waals surface area (Å²) in [6, 6.07) is 0. The van der Waals surface area contributed by atoms with Gasteiger partial charge in [0.25, 0.3) is 0 Å². The number of carbonyl (C=O) groups is 4. The summed E-state index contributed by atoms with van der Waals surface area (Å²) in [5, 5.41) is 20.0. The molecule has 9 heteroatoms. The van der Waals surface area contributed by atoms with Crippen molar-refractivity contribution < 1.29 is 38.9 Å². The molecule has 0 rings (SSSR count). The Morgan fingerprint density at radius 1 is 0.439 bits per heavy atom. The molecule has 0 aromatic rings. The van der Waals surface area contributed by atoms with Gasteiger partial charge in [-0.05, 0) is 36.8 Å². The summed E-state index contributed by atoms with van der Waals surface area (Å²) in [7, 11) is 0. The van der Waals surface area contributed by atoms with Gasteiger partial charge in [-0.25, -0.2) is 9.59 Å². The zero-order valence-electron chi connectivity index (χ0n) is 37.9. The molecule has 8 nitrogen and oxygen atoms in total. The van der Waals surface area contributed by atoms with Gasteiger partial charge in [-0.3, -0.25) is 0 Å². The molecule has 332 valence electrons. The summed E-state index contributed by atoms with van der Waals surface area (Å²) in [5.41, 5.74) is 0. The van der Waals surface area contributed by atoms with Crippen LogP contribution in [0.4, 0.5) is 0 Å². The summed E-state index contributed by atoms with van der Waals surface area (Å²) in [5.74, 6) is -2.65. The van der Waals surface area contributed by atoms with E-state index in [4.69, 9.17) is 9.47 Å². The summed E-state index contributed by atoms with van der Waals surface area (Å²) in [4.78, 5) is 41.7. The Labute approximate surface area is 369 Å². The van der Waals surface area contributed by atoms with Crippen molar-refractivity contribution in [2.75, 3.05) is 13.2 Å². The van der Waals surface area contributed by atoms with Crippen molar-refractivity contribution >= 4 is 47.8 Å². The van der Waals surface area contributed by atoms with E-state index in [1.165, 1.54) is 128 Å². The van der Waals surface area contributed by atoms with E-state index in [9.17, 15) is 29.4 Å². The summed E-state index contributed by atoms with van der Waals surface area (Å²) < 4.78 is 9.57. The van der Waals surface area contributed by atoms with Gasteiger partial charge in [0.15, 0.2) is 0 Å². The number of esters is 2. The second-order valence-corrected chi connectivity index (χ2v) is 15.5. The Morgan fingerprint density at radius 2 is 0.702 bits per heavy atom. The number of rotatable bonds is 34. The van der Waals surface area contributed by atoms with Crippen molar-refractivity contribution in [3.8, 4) is 0 Å². The molecule has 0 spiro atoms. The molecular weight excluding hydrogens is 823 g/mol. The number of carbonyl (C=O) groups excluding carboxylic acids is 4. The molecule has 0 amide bonds. The molecule has 57 heavy (non-hydrogen) atoms. The first-order chi connectivity index (χ1) is 26.9. The molecule has 0 aliphatic carbocycles. The molecule has 0 atom stereocenters. The van der Waals surface area contributed by atoms with Crippen molar-refractivity contribution in [2.45, 2.75) is 221 Å². The minimum absolute atomic E-state index is 0. The van der Waals surface area contributed by atoms with Gasteiger partial charge in [-0.1, -0.05) is 222 Å². The van der Waals surface area contributed by atoms with Crippen molar-refractivity contribution in [3.63, 3.8) is 0 Å². The third-order valence-electron chi connectivity index (χ3n) is 8.76. The molecule has 0 aromatic heterocycles. The van der Waals surface area contributed by atoms with Gasteiger partial charge >= 0.3 is 35.8 Å². The first-order valence-electron chi connectivity index (χ1n) is 22.6. The zero-order chi connectivity index (χ0) is 42.9. The van der Waals surface area contributed by atoms with Crippen molar-refractivity contribution in [1.82, 2.24) is 0 Å². The number of carboxylic acids is 2. The number of unbranched alkanes of at least 4 members (excludes halogenated alkanes) is 22. The topological polar surface area (TPSA) is 133 Å². The molecule has 0 unspecified atom stereocenters. The molecule has 4 radical (unpaired) electrons. The molecule has 0 saturated heterocycles. The average molecular weight is 912 g/mol. The quantitative estimate of drug-likeness (QED) is 0.0270. The van der Waals surface area contributed by atoms with Crippen LogP contribution in [-0.2, 0) is 28.7 Å². The first kappa shape index (κ1) is 64.3. The third-order valence-corrected chi connectivity index (χ3v) is 8.76. The summed E-state index contributed by atoms with van der Waals surface area (Å²) in [6.45, 7) is 21.6. The fourth-order valence-corrected chi connectivity index (χ4v) is 5.35. The number of aliphatic carboxylic acids is 2. The van der Waals surface area contributed by atoms with Crippen LogP contribution in [0, 0.1) is 25.7 Å². The maximum Gasteiger partial charge on any atom is 2.00 e. The van der Waals surface area contributed by atoms with E-state index in [-0.39, 0.29) is 23.9 Å². The maximum atomic E-state index is 10.9. The fraction of sp³-hybridized carbons (Fsp3) is 0.792. The Bertz CT molecular complexity index is 809. The molecule has 0 aliphatic heterocycles. The molecule has 0 fully saturated rings. The fourth-order valence-electron chi connectivity index (χ4n) is 5.35. The van der Waals surface area contributed by atoms with Crippen LogP contribution in [0.25, 0.3) is 0 Å². The monoisotopic (exact) mass is 913 g/mol.